The third kappa shape index (κ3) is 3.77. The van der Waals surface area contributed by atoms with Crippen molar-refractivity contribution < 1.29 is 0 Å². The minimum Gasteiger partial charge on any atom is -0.359 e. The molecule has 6 heteroatoms. The SMILES string of the molecule is CCCN1C[C@@H](NC(=S)N(CC)CC)CC2c3cc(C)cc4[nH]c(Cl)c(c34)C[C@H]21. The average Bonchev–Trinajstić information content (AvgIpc) is 2.99. The van der Waals surface area contributed by atoms with Gasteiger partial charge in [0.15, 0.2) is 5.11 Å². The third-order valence-electron chi connectivity index (χ3n) is 6.75. The zero-order valence-corrected chi connectivity index (χ0v) is 19.6. The first-order chi connectivity index (χ1) is 14.0. The molecule has 29 heavy (non-hydrogen) atoms. The van der Waals surface area contributed by atoms with Crippen LogP contribution in [0.25, 0.3) is 10.9 Å². The Bertz CT molecular complexity index is 904. The van der Waals surface area contributed by atoms with Crippen LogP contribution in [0.5, 0.6) is 0 Å². The highest BCUT2D eigenvalue weighted by atomic mass is 35.5. The number of nitrogens with one attached hydrogen (secondary N) is 2. The number of nitrogens with zero attached hydrogens (tertiary/aromatic N) is 2. The Morgan fingerprint density at radius 2 is 2.07 bits per heavy atom. The Labute approximate surface area is 185 Å². The number of benzene rings is 1. The van der Waals surface area contributed by atoms with Gasteiger partial charge in [-0.3, -0.25) is 4.90 Å². The number of fused-ring (bicyclic) bond motifs is 2. The molecule has 0 amide bonds. The number of likely N-dealkylation sites (tertiary alicyclic amines) is 1. The first-order valence-corrected chi connectivity index (χ1v) is 11.8. The molecule has 1 unspecified atom stereocenters. The number of thiocarbonyl (C=S) groups is 1. The van der Waals surface area contributed by atoms with Crippen LogP contribution in [0.4, 0.5) is 0 Å². The summed E-state index contributed by atoms with van der Waals surface area (Å²) >= 11 is 12.4. The summed E-state index contributed by atoms with van der Waals surface area (Å²) in [7, 11) is 0. The summed E-state index contributed by atoms with van der Waals surface area (Å²) < 4.78 is 0. The predicted molar refractivity (Wildman–Crippen MR) is 127 cm³/mol. The van der Waals surface area contributed by atoms with E-state index in [0.717, 1.165) is 55.7 Å². The lowest BCUT2D eigenvalue weighted by Crippen LogP contribution is -2.57. The highest BCUT2D eigenvalue weighted by Gasteiger charge is 2.41. The molecule has 0 bridgehead atoms. The van der Waals surface area contributed by atoms with E-state index < -0.39 is 0 Å². The van der Waals surface area contributed by atoms with E-state index in [1.807, 2.05) is 0 Å². The predicted octanol–water partition coefficient (Wildman–Crippen LogP) is 4.84. The lowest BCUT2D eigenvalue weighted by molar-refractivity contribution is 0.104. The number of aromatic nitrogens is 1. The molecular formula is C23H33ClN4S. The van der Waals surface area contributed by atoms with Crippen LogP contribution in [0.2, 0.25) is 5.15 Å². The van der Waals surface area contributed by atoms with Crippen LogP contribution in [0.3, 0.4) is 0 Å². The number of hydrogen-bond donors (Lipinski definition) is 2. The molecule has 1 aromatic carbocycles. The van der Waals surface area contributed by atoms with Crippen LogP contribution in [-0.4, -0.2) is 58.2 Å². The maximum Gasteiger partial charge on any atom is 0.169 e. The van der Waals surface area contributed by atoms with Crippen molar-refractivity contribution in [3.63, 3.8) is 0 Å². The van der Waals surface area contributed by atoms with Gasteiger partial charge in [0.1, 0.15) is 5.15 Å². The van der Waals surface area contributed by atoms with Gasteiger partial charge in [0.05, 0.1) is 0 Å². The van der Waals surface area contributed by atoms with Crippen molar-refractivity contribution in [2.45, 2.75) is 65.0 Å². The van der Waals surface area contributed by atoms with E-state index in [1.54, 1.807) is 0 Å². The van der Waals surface area contributed by atoms with Crippen molar-refractivity contribution >= 4 is 39.8 Å². The molecule has 1 aromatic heterocycles. The van der Waals surface area contributed by atoms with Gasteiger partial charge >= 0.3 is 0 Å². The van der Waals surface area contributed by atoms with E-state index >= 15 is 0 Å². The smallest absolute Gasteiger partial charge is 0.169 e. The maximum atomic E-state index is 6.64. The van der Waals surface area contributed by atoms with Crippen LogP contribution < -0.4 is 5.32 Å². The Hall–Kier alpha value is -1.30. The Morgan fingerprint density at radius 3 is 2.76 bits per heavy atom. The van der Waals surface area contributed by atoms with Gasteiger partial charge in [-0.05, 0) is 81.6 Å². The molecular weight excluding hydrogens is 400 g/mol. The average molecular weight is 433 g/mol. The molecule has 0 radical (unpaired) electrons. The molecule has 2 aromatic rings. The van der Waals surface area contributed by atoms with Crippen LogP contribution in [-0.2, 0) is 6.42 Å². The zero-order valence-electron chi connectivity index (χ0n) is 18.0. The van der Waals surface area contributed by atoms with Gasteiger partial charge in [0.2, 0.25) is 0 Å². The standard InChI is InChI=1S/C23H33ClN4S/c1-5-8-28-13-15(25-23(29)27(6-2)7-3)11-16-17-9-14(4)10-19-21(17)18(12-20(16)28)22(24)26-19/h9-10,15-16,20,26H,5-8,11-13H2,1-4H3,(H,25,29)/t15-,16?,20+/m0/s1. The molecule has 0 spiro atoms. The summed E-state index contributed by atoms with van der Waals surface area (Å²) in [5, 5.41) is 6.78. The number of H-pyrrole nitrogens is 1. The minimum atomic E-state index is 0.377. The monoisotopic (exact) mass is 432 g/mol. The lowest BCUT2D eigenvalue weighted by atomic mass is 9.73. The van der Waals surface area contributed by atoms with Crippen molar-refractivity contribution in [3.8, 4) is 0 Å². The fourth-order valence-corrected chi connectivity index (χ4v) is 6.19. The molecule has 1 aliphatic carbocycles. The number of aryl methyl sites for hydroxylation is 1. The van der Waals surface area contributed by atoms with Crippen molar-refractivity contribution in [2.75, 3.05) is 26.2 Å². The lowest BCUT2D eigenvalue weighted by Gasteiger charge is -2.48. The van der Waals surface area contributed by atoms with Gasteiger partial charge in [0.25, 0.3) is 0 Å². The second kappa shape index (κ2) is 8.44. The molecule has 4 nitrogen and oxygen atoms in total. The molecule has 2 heterocycles. The van der Waals surface area contributed by atoms with Gasteiger partial charge in [-0.25, -0.2) is 0 Å². The Morgan fingerprint density at radius 1 is 1.31 bits per heavy atom. The highest BCUT2D eigenvalue weighted by molar-refractivity contribution is 7.80. The van der Waals surface area contributed by atoms with E-state index in [0.29, 0.717) is 18.0 Å². The molecule has 1 aliphatic heterocycles. The summed E-state index contributed by atoms with van der Waals surface area (Å²) in [5.74, 6) is 0.508. The molecule has 4 rings (SSSR count). The van der Waals surface area contributed by atoms with Crippen molar-refractivity contribution in [1.82, 2.24) is 20.1 Å². The summed E-state index contributed by atoms with van der Waals surface area (Å²) in [6, 6.07) is 5.51. The van der Waals surface area contributed by atoms with E-state index in [4.69, 9.17) is 23.8 Å². The number of hydrogen-bond acceptors (Lipinski definition) is 2. The quantitative estimate of drug-likeness (QED) is 0.662. The largest absolute Gasteiger partial charge is 0.359 e. The molecule has 2 aliphatic rings. The molecule has 3 atom stereocenters. The van der Waals surface area contributed by atoms with Crippen molar-refractivity contribution in [2.24, 2.45) is 0 Å². The molecule has 0 saturated carbocycles. The first-order valence-electron chi connectivity index (χ1n) is 11.1. The minimum absolute atomic E-state index is 0.377. The van der Waals surface area contributed by atoms with Crippen LogP contribution in [0.1, 0.15) is 56.2 Å². The van der Waals surface area contributed by atoms with Crippen molar-refractivity contribution in [3.05, 3.63) is 34.0 Å². The van der Waals surface area contributed by atoms with E-state index in [2.05, 4.69) is 59.9 Å². The van der Waals surface area contributed by atoms with E-state index in [1.165, 1.54) is 27.6 Å². The van der Waals surface area contributed by atoms with Crippen molar-refractivity contribution in [1.29, 1.82) is 0 Å². The van der Waals surface area contributed by atoms with E-state index in [-0.39, 0.29) is 0 Å². The van der Waals surface area contributed by atoms with Gasteiger partial charge in [-0.2, -0.15) is 0 Å². The normalized spacial score (nSPS) is 23.8. The molecule has 1 fully saturated rings. The van der Waals surface area contributed by atoms with Gasteiger partial charge < -0.3 is 15.2 Å². The maximum absolute atomic E-state index is 6.64. The zero-order chi connectivity index (χ0) is 20.7. The van der Waals surface area contributed by atoms with Gasteiger partial charge in [-0.15, -0.1) is 0 Å². The van der Waals surface area contributed by atoms with Gasteiger partial charge in [-0.1, -0.05) is 24.6 Å². The second-order valence-corrected chi connectivity index (χ2v) is 9.39. The van der Waals surface area contributed by atoms with Crippen LogP contribution in [0.15, 0.2) is 12.1 Å². The fraction of sp³-hybridized carbons (Fsp3) is 0.609. The van der Waals surface area contributed by atoms with Gasteiger partial charge in [0, 0.05) is 48.5 Å². The Balaban J connectivity index is 1.69. The molecule has 158 valence electrons. The number of rotatable bonds is 5. The number of aromatic amines is 1. The van der Waals surface area contributed by atoms with Crippen LogP contribution >= 0.6 is 23.8 Å². The molecule has 2 N–H and O–H groups in total. The summed E-state index contributed by atoms with van der Waals surface area (Å²) in [6.45, 7) is 12.8. The van der Waals surface area contributed by atoms with E-state index in [9.17, 15) is 0 Å². The second-order valence-electron chi connectivity index (χ2n) is 8.62. The fourth-order valence-electron chi connectivity index (χ4n) is 5.49. The number of piperidine rings is 1. The highest BCUT2D eigenvalue weighted by Crippen LogP contribution is 2.46. The first kappa shape index (κ1) is 21.0. The Kier molecular flexibility index (Phi) is 6.10. The third-order valence-corrected chi connectivity index (χ3v) is 7.45. The topological polar surface area (TPSA) is 34.3 Å². The summed E-state index contributed by atoms with van der Waals surface area (Å²) in [4.78, 5) is 8.35. The molecule has 1 saturated heterocycles. The van der Waals surface area contributed by atoms with Crippen LogP contribution in [0, 0.1) is 6.92 Å². The number of halogens is 1. The summed E-state index contributed by atoms with van der Waals surface area (Å²) in [6.07, 6.45) is 3.31. The summed E-state index contributed by atoms with van der Waals surface area (Å²) in [5.41, 5.74) is 5.27.